The van der Waals surface area contributed by atoms with Gasteiger partial charge in [-0.1, -0.05) is 60.7 Å². The van der Waals surface area contributed by atoms with Crippen LogP contribution in [-0.2, 0) is 26.2 Å². The minimum atomic E-state index is -3.77. The molecule has 1 aliphatic heterocycles. The second kappa shape index (κ2) is 10.3. The van der Waals surface area contributed by atoms with Crippen molar-refractivity contribution < 1.29 is 17.9 Å². The summed E-state index contributed by atoms with van der Waals surface area (Å²) in [5, 5.41) is 1.81. The molecule has 3 aromatic rings. The van der Waals surface area contributed by atoms with E-state index in [1.807, 2.05) is 54.6 Å². The van der Waals surface area contributed by atoms with E-state index in [0.717, 1.165) is 29.2 Å². The van der Waals surface area contributed by atoms with Gasteiger partial charge in [-0.25, -0.2) is 13.1 Å². The number of likely N-dealkylation sites (tertiary alicyclic amines) is 1. The molecule has 32 heavy (non-hydrogen) atoms. The number of ether oxygens (including phenoxy) is 1. The van der Waals surface area contributed by atoms with Gasteiger partial charge in [0.05, 0.1) is 24.7 Å². The summed E-state index contributed by atoms with van der Waals surface area (Å²) in [5.41, 5.74) is 1.12. The van der Waals surface area contributed by atoms with E-state index in [4.69, 9.17) is 4.74 Å². The number of hydrogen-bond acceptors (Lipinski definition) is 4. The van der Waals surface area contributed by atoms with Gasteiger partial charge in [-0.3, -0.25) is 4.79 Å². The van der Waals surface area contributed by atoms with Gasteiger partial charge in [0.1, 0.15) is 0 Å². The maximum absolute atomic E-state index is 12.7. The highest BCUT2D eigenvalue weighted by Gasteiger charge is 2.25. The van der Waals surface area contributed by atoms with Gasteiger partial charge < -0.3 is 9.64 Å². The lowest BCUT2D eigenvalue weighted by atomic mass is 9.99. The maximum atomic E-state index is 12.7. The lowest BCUT2D eigenvalue weighted by Crippen LogP contribution is -2.45. The average Bonchev–Trinajstić information content (AvgIpc) is 2.83. The highest BCUT2D eigenvalue weighted by molar-refractivity contribution is 7.89. The minimum Gasteiger partial charge on any atom is -0.376 e. The Labute approximate surface area is 189 Å². The summed E-state index contributed by atoms with van der Waals surface area (Å²) >= 11 is 0. The van der Waals surface area contributed by atoms with Crippen LogP contribution in [0.1, 0.15) is 18.4 Å². The van der Waals surface area contributed by atoms with Crippen LogP contribution in [-0.4, -0.2) is 45.5 Å². The first kappa shape index (κ1) is 22.5. The van der Waals surface area contributed by atoms with Crippen molar-refractivity contribution in [1.29, 1.82) is 0 Å². The molecule has 1 amide bonds. The predicted octanol–water partition coefficient (Wildman–Crippen LogP) is 3.57. The first-order chi connectivity index (χ1) is 15.5. The number of fused-ring (bicyclic) bond motifs is 1. The van der Waals surface area contributed by atoms with E-state index in [0.29, 0.717) is 26.3 Å². The molecule has 0 aliphatic carbocycles. The van der Waals surface area contributed by atoms with E-state index >= 15 is 0 Å². The number of carbonyl (C=O) groups excluding carboxylic acids is 1. The van der Waals surface area contributed by atoms with E-state index < -0.39 is 10.0 Å². The molecule has 0 spiro atoms. The first-order valence-electron chi connectivity index (χ1n) is 10.9. The summed E-state index contributed by atoms with van der Waals surface area (Å²) in [5.74, 6) is 0.0515. The zero-order valence-corrected chi connectivity index (χ0v) is 18.8. The van der Waals surface area contributed by atoms with Crippen LogP contribution in [0.25, 0.3) is 10.8 Å². The fourth-order valence-electron chi connectivity index (χ4n) is 4.03. The Kier molecular flexibility index (Phi) is 7.19. The van der Waals surface area contributed by atoms with Gasteiger partial charge >= 0.3 is 0 Å². The van der Waals surface area contributed by atoms with Crippen molar-refractivity contribution in [2.75, 3.05) is 26.2 Å². The van der Waals surface area contributed by atoms with Crippen LogP contribution in [0.4, 0.5) is 0 Å². The lowest BCUT2D eigenvalue weighted by molar-refractivity contribution is -0.132. The zero-order chi connectivity index (χ0) is 22.4. The third kappa shape index (κ3) is 5.73. The van der Waals surface area contributed by atoms with Crippen LogP contribution in [0.3, 0.4) is 0 Å². The number of hydrogen-bond donors (Lipinski definition) is 1. The van der Waals surface area contributed by atoms with Crippen LogP contribution in [0.2, 0.25) is 0 Å². The quantitative estimate of drug-likeness (QED) is 0.567. The van der Waals surface area contributed by atoms with Crippen LogP contribution in [0.15, 0.2) is 77.7 Å². The second-order valence-corrected chi connectivity index (χ2v) is 9.95. The predicted molar refractivity (Wildman–Crippen MR) is 125 cm³/mol. The lowest BCUT2D eigenvalue weighted by Gasteiger charge is -2.32. The molecule has 1 aliphatic rings. The number of piperidine rings is 1. The molecule has 1 atom stereocenters. The van der Waals surface area contributed by atoms with Gasteiger partial charge in [0.15, 0.2) is 0 Å². The van der Waals surface area contributed by atoms with Gasteiger partial charge in [0, 0.05) is 13.1 Å². The Morgan fingerprint density at radius 3 is 2.56 bits per heavy atom. The molecule has 1 fully saturated rings. The van der Waals surface area contributed by atoms with Crippen molar-refractivity contribution in [3.63, 3.8) is 0 Å². The molecule has 0 bridgehead atoms. The van der Waals surface area contributed by atoms with E-state index in [-0.39, 0.29) is 23.3 Å². The maximum Gasteiger partial charge on any atom is 0.241 e. The SMILES string of the molecule is O=C(CNS(=O)(=O)c1ccc2ccccc2c1)N1CCCC(COCc2ccccc2)C1. The summed E-state index contributed by atoms with van der Waals surface area (Å²) in [6, 6.07) is 22.5. The number of nitrogens with zero attached hydrogens (tertiary/aromatic N) is 1. The van der Waals surface area contributed by atoms with Gasteiger partial charge in [0.25, 0.3) is 0 Å². The summed E-state index contributed by atoms with van der Waals surface area (Å²) < 4.78 is 33.7. The molecule has 7 heteroatoms. The van der Waals surface area contributed by atoms with Gasteiger partial charge in [-0.15, -0.1) is 0 Å². The fourth-order valence-corrected chi connectivity index (χ4v) is 5.04. The molecule has 0 aromatic heterocycles. The zero-order valence-electron chi connectivity index (χ0n) is 17.9. The molecule has 6 nitrogen and oxygen atoms in total. The first-order valence-corrected chi connectivity index (χ1v) is 12.4. The number of sulfonamides is 1. The molecule has 1 unspecified atom stereocenters. The van der Waals surface area contributed by atoms with Gasteiger partial charge in [0.2, 0.25) is 15.9 Å². The second-order valence-electron chi connectivity index (χ2n) is 8.18. The molecule has 168 valence electrons. The highest BCUT2D eigenvalue weighted by Crippen LogP contribution is 2.20. The smallest absolute Gasteiger partial charge is 0.241 e. The Balaban J connectivity index is 1.28. The van der Waals surface area contributed by atoms with Crippen molar-refractivity contribution in [2.45, 2.75) is 24.3 Å². The number of rotatable bonds is 8. The van der Waals surface area contributed by atoms with Crippen LogP contribution >= 0.6 is 0 Å². The number of nitrogens with one attached hydrogen (secondary N) is 1. The van der Waals surface area contributed by atoms with E-state index in [2.05, 4.69) is 4.72 Å². The Bertz CT molecular complexity index is 1160. The number of benzene rings is 3. The minimum absolute atomic E-state index is 0.162. The van der Waals surface area contributed by atoms with Crippen molar-refractivity contribution in [3.8, 4) is 0 Å². The van der Waals surface area contributed by atoms with Crippen LogP contribution < -0.4 is 4.72 Å². The van der Waals surface area contributed by atoms with Crippen LogP contribution in [0, 0.1) is 5.92 Å². The van der Waals surface area contributed by atoms with Gasteiger partial charge in [-0.05, 0) is 47.2 Å². The highest BCUT2D eigenvalue weighted by atomic mass is 32.2. The molecule has 1 N–H and O–H groups in total. The topological polar surface area (TPSA) is 75.7 Å². The average molecular weight is 453 g/mol. The summed E-state index contributed by atoms with van der Waals surface area (Å²) in [6.07, 6.45) is 1.89. The molecule has 0 radical (unpaired) electrons. The molecule has 4 rings (SSSR count). The third-order valence-electron chi connectivity index (χ3n) is 5.78. The third-order valence-corrected chi connectivity index (χ3v) is 7.18. The van der Waals surface area contributed by atoms with Crippen LogP contribution in [0.5, 0.6) is 0 Å². The molecular formula is C25H28N2O4S. The van der Waals surface area contributed by atoms with Crippen molar-refractivity contribution in [3.05, 3.63) is 78.4 Å². The summed E-state index contributed by atoms with van der Waals surface area (Å²) in [4.78, 5) is 14.6. The van der Waals surface area contributed by atoms with E-state index in [9.17, 15) is 13.2 Å². The largest absolute Gasteiger partial charge is 0.376 e. The summed E-state index contributed by atoms with van der Waals surface area (Å²) in [6.45, 7) is 2.13. The normalized spacial score (nSPS) is 16.9. The monoisotopic (exact) mass is 452 g/mol. The Hall–Kier alpha value is -2.74. The molecule has 3 aromatic carbocycles. The number of amides is 1. The van der Waals surface area contributed by atoms with E-state index in [1.54, 1.807) is 23.1 Å². The van der Waals surface area contributed by atoms with Crippen molar-refractivity contribution in [1.82, 2.24) is 9.62 Å². The molecule has 1 heterocycles. The van der Waals surface area contributed by atoms with Crippen molar-refractivity contribution in [2.24, 2.45) is 5.92 Å². The number of carbonyl (C=O) groups is 1. The molecule has 1 saturated heterocycles. The molecule has 0 saturated carbocycles. The Morgan fingerprint density at radius 1 is 1.00 bits per heavy atom. The van der Waals surface area contributed by atoms with Crippen molar-refractivity contribution >= 4 is 26.7 Å². The fraction of sp³-hybridized carbons (Fsp3) is 0.320. The molecular weight excluding hydrogens is 424 g/mol. The van der Waals surface area contributed by atoms with Gasteiger partial charge in [-0.2, -0.15) is 0 Å². The summed E-state index contributed by atoms with van der Waals surface area (Å²) in [7, 11) is -3.77. The van der Waals surface area contributed by atoms with E-state index in [1.165, 1.54) is 0 Å². The Morgan fingerprint density at radius 2 is 1.75 bits per heavy atom. The standard InChI is InChI=1S/C25H28N2O4S/c28-25(16-26-32(29,30)24-13-12-22-10-4-5-11-23(22)15-24)27-14-6-9-21(17-27)19-31-18-20-7-2-1-3-8-20/h1-5,7-8,10-13,15,21,26H,6,9,14,16-19H2.